The Labute approximate surface area is 134 Å². The molecule has 0 bridgehead atoms. The molecule has 126 valence electrons. The molecule has 8 heteroatoms. The first-order valence-electron chi connectivity index (χ1n) is 6.78. The molecule has 22 heavy (non-hydrogen) atoms. The van der Waals surface area contributed by atoms with Crippen LogP contribution < -0.4 is 14.7 Å². The summed E-state index contributed by atoms with van der Waals surface area (Å²) in [6, 6.07) is 6.64. The molecule has 1 rings (SSSR count). The van der Waals surface area contributed by atoms with Crippen LogP contribution in [0.15, 0.2) is 24.3 Å². The van der Waals surface area contributed by atoms with Crippen molar-refractivity contribution in [3.63, 3.8) is 0 Å². The summed E-state index contributed by atoms with van der Waals surface area (Å²) in [6.07, 6.45) is 0. The Morgan fingerprint density at radius 1 is 1.09 bits per heavy atom. The Kier molecular flexibility index (Phi) is 12.5. The van der Waals surface area contributed by atoms with Crippen LogP contribution in [0.5, 0.6) is 5.75 Å². The molecule has 0 aromatic heterocycles. The number of nitrogens with one attached hydrogen (secondary N) is 1. The number of rotatable bonds is 9. The molecule has 0 radical (unpaired) electrons. The number of hydrogen-bond donors (Lipinski definition) is 4. The molecule has 0 fully saturated rings. The van der Waals surface area contributed by atoms with Gasteiger partial charge in [-0.25, -0.2) is 0 Å². The maximum atomic E-state index is 10.0. The van der Waals surface area contributed by atoms with Gasteiger partial charge >= 0.3 is 0 Å². The highest BCUT2D eigenvalue weighted by Gasteiger charge is 2.04. The number of ether oxygens (including phenoxy) is 1. The Bertz CT molecular complexity index is 404. The lowest BCUT2D eigenvalue weighted by Gasteiger charge is -2.15. The van der Waals surface area contributed by atoms with E-state index < -0.39 is 12.6 Å². The zero-order valence-electron chi connectivity index (χ0n) is 12.2. The topological polar surface area (TPSA) is 114 Å². The van der Waals surface area contributed by atoms with Crippen molar-refractivity contribution in [1.82, 2.24) is 0 Å². The maximum absolute atomic E-state index is 10.0. The van der Waals surface area contributed by atoms with Gasteiger partial charge in [0.2, 0.25) is 0 Å². The molecule has 7 nitrogen and oxygen atoms in total. The van der Waals surface area contributed by atoms with E-state index in [4.69, 9.17) is 31.7 Å². The second-order valence-electron chi connectivity index (χ2n) is 4.26. The number of halogens is 1. The minimum absolute atomic E-state index is 0.106. The summed E-state index contributed by atoms with van der Waals surface area (Å²) in [6.45, 7) is 1.63. The van der Waals surface area contributed by atoms with Gasteiger partial charge in [-0.2, -0.15) is 0 Å². The van der Waals surface area contributed by atoms with Gasteiger partial charge in [0.25, 0.3) is 0 Å². The number of hydrogen-bond acceptors (Lipinski definition) is 6. The van der Waals surface area contributed by atoms with Crippen LogP contribution in [-0.2, 0) is 4.79 Å². The molecular weight excluding hydrogens is 314 g/mol. The maximum Gasteiger partial charge on any atom is 0.138 e. The second-order valence-corrected chi connectivity index (χ2v) is 4.67. The second kappa shape index (κ2) is 13.3. The van der Waals surface area contributed by atoms with Gasteiger partial charge in [-0.05, 0) is 12.1 Å². The SMILES string of the molecule is O=C([O-])COc1ccccc1Cl.OCC[NH+](CCO)CCO. The Morgan fingerprint density at radius 3 is 2.00 bits per heavy atom. The zero-order chi connectivity index (χ0) is 16.8. The minimum atomic E-state index is -1.27. The largest absolute Gasteiger partial charge is 0.546 e. The first-order chi connectivity index (χ1) is 10.5. The summed E-state index contributed by atoms with van der Waals surface area (Å²) in [4.78, 5) is 11.0. The molecule has 0 aliphatic rings. The summed E-state index contributed by atoms with van der Waals surface area (Å²) in [5, 5.41) is 35.9. The van der Waals surface area contributed by atoms with E-state index in [1.54, 1.807) is 24.3 Å². The highest BCUT2D eigenvalue weighted by Crippen LogP contribution is 2.22. The average Bonchev–Trinajstić information content (AvgIpc) is 2.48. The summed E-state index contributed by atoms with van der Waals surface area (Å²) < 4.78 is 4.80. The van der Waals surface area contributed by atoms with Crippen LogP contribution in [0.4, 0.5) is 0 Å². The van der Waals surface area contributed by atoms with Crippen LogP contribution in [0.2, 0.25) is 5.02 Å². The Balaban J connectivity index is 0.000000409. The van der Waals surface area contributed by atoms with Crippen molar-refractivity contribution in [2.24, 2.45) is 0 Å². The predicted molar refractivity (Wildman–Crippen MR) is 78.8 cm³/mol. The number of carbonyl (C=O) groups is 1. The van der Waals surface area contributed by atoms with Gasteiger partial charge in [-0.1, -0.05) is 23.7 Å². The van der Waals surface area contributed by atoms with E-state index in [-0.39, 0.29) is 19.8 Å². The molecule has 0 aliphatic carbocycles. The lowest BCUT2D eigenvalue weighted by atomic mass is 10.3. The predicted octanol–water partition coefficient (Wildman–Crippen LogP) is -2.68. The molecule has 0 atom stereocenters. The van der Waals surface area contributed by atoms with Crippen LogP contribution in [0.25, 0.3) is 0 Å². The van der Waals surface area contributed by atoms with E-state index in [1.165, 1.54) is 0 Å². The monoisotopic (exact) mass is 335 g/mol. The number of benzene rings is 1. The van der Waals surface area contributed by atoms with E-state index in [9.17, 15) is 9.90 Å². The summed E-state index contributed by atoms with van der Waals surface area (Å²) in [5.74, 6) is -0.918. The van der Waals surface area contributed by atoms with Crippen LogP contribution in [-0.4, -0.2) is 67.4 Å². The third kappa shape index (κ3) is 10.4. The summed E-state index contributed by atoms with van der Waals surface area (Å²) in [7, 11) is 0. The highest BCUT2D eigenvalue weighted by atomic mass is 35.5. The molecule has 4 N–H and O–H groups in total. The van der Waals surface area contributed by atoms with Gasteiger partial charge in [0.15, 0.2) is 0 Å². The van der Waals surface area contributed by atoms with Crippen molar-refractivity contribution in [2.75, 3.05) is 46.1 Å². The number of carboxylic acids is 1. The number of para-hydroxylation sites is 1. The Hall–Kier alpha value is -1.38. The number of carbonyl (C=O) groups excluding carboxylic acids is 1. The van der Waals surface area contributed by atoms with Crippen molar-refractivity contribution in [2.45, 2.75) is 0 Å². The number of carboxylic acid groups (broad SMARTS) is 1. The van der Waals surface area contributed by atoms with Gasteiger partial charge in [-0.3, -0.25) is 0 Å². The minimum Gasteiger partial charge on any atom is -0.546 e. The molecule has 0 spiro atoms. The first kappa shape index (κ1) is 20.6. The molecular formula is C14H22ClNO6. The lowest BCUT2D eigenvalue weighted by molar-refractivity contribution is -0.901. The van der Waals surface area contributed by atoms with Crippen molar-refractivity contribution in [3.05, 3.63) is 29.3 Å². The molecule has 0 unspecified atom stereocenters. The average molecular weight is 336 g/mol. The van der Waals surface area contributed by atoms with Crippen molar-refractivity contribution >= 4 is 17.6 Å². The van der Waals surface area contributed by atoms with E-state index >= 15 is 0 Å². The van der Waals surface area contributed by atoms with Crippen LogP contribution in [0.3, 0.4) is 0 Å². The molecule has 0 heterocycles. The molecule has 0 saturated carbocycles. The fraction of sp³-hybridized carbons (Fsp3) is 0.500. The van der Waals surface area contributed by atoms with Crippen molar-refractivity contribution in [1.29, 1.82) is 0 Å². The molecule has 0 aliphatic heterocycles. The zero-order valence-corrected chi connectivity index (χ0v) is 13.0. The number of aliphatic carboxylic acids is 1. The number of quaternary nitrogens is 1. The van der Waals surface area contributed by atoms with Crippen molar-refractivity contribution < 1.29 is 34.9 Å². The highest BCUT2D eigenvalue weighted by molar-refractivity contribution is 6.32. The third-order valence-electron chi connectivity index (χ3n) is 2.58. The normalized spacial score (nSPS) is 10.0. The van der Waals surface area contributed by atoms with Crippen molar-refractivity contribution in [3.8, 4) is 5.75 Å². The van der Waals surface area contributed by atoms with Crippen LogP contribution in [0, 0.1) is 0 Å². The van der Waals surface area contributed by atoms with Gasteiger partial charge in [-0.15, -0.1) is 0 Å². The summed E-state index contributed by atoms with van der Waals surface area (Å²) in [5.41, 5.74) is 0. The van der Waals surface area contributed by atoms with Gasteiger partial charge in [0.1, 0.15) is 32.0 Å². The molecule has 0 amide bonds. The Morgan fingerprint density at radius 2 is 1.59 bits per heavy atom. The summed E-state index contributed by atoms with van der Waals surface area (Å²) >= 11 is 5.67. The lowest BCUT2D eigenvalue weighted by Crippen LogP contribution is -3.13. The van der Waals surface area contributed by atoms with Gasteiger partial charge < -0.3 is 34.9 Å². The fourth-order valence-corrected chi connectivity index (χ4v) is 1.74. The van der Waals surface area contributed by atoms with E-state index in [2.05, 4.69) is 0 Å². The quantitative estimate of drug-likeness (QED) is 0.391. The van der Waals surface area contributed by atoms with E-state index in [1.807, 2.05) is 0 Å². The smallest absolute Gasteiger partial charge is 0.138 e. The number of aliphatic hydroxyl groups excluding tert-OH is 3. The van der Waals surface area contributed by atoms with Gasteiger partial charge in [0.05, 0.1) is 30.8 Å². The molecule has 0 saturated heterocycles. The standard InChI is InChI=1S/C8H7ClO3.C6H15NO3/c9-6-3-1-2-4-7(6)12-5-8(10)11;8-4-1-7(2-5-9)3-6-10/h1-4H,5H2,(H,10,11);8-10H,1-6H2. The van der Waals surface area contributed by atoms with Crippen LogP contribution in [0.1, 0.15) is 0 Å². The molecule has 1 aromatic rings. The van der Waals surface area contributed by atoms with Gasteiger partial charge in [0, 0.05) is 0 Å². The first-order valence-corrected chi connectivity index (χ1v) is 7.16. The fourth-order valence-electron chi connectivity index (χ4n) is 1.55. The third-order valence-corrected chi connectivity index (χ3v) is 2.89. The number of aliphatic hydroxyl groups is 3. The molecule has 1 aromatic carbocycles. The van der Waals surface area contributed by atoms with E-state index in [0.717, 1.165) is 4.90 Å². The van der Waals surface area contributed by atoms with E-state index in [0.29, 0.717) is 30.4 Å². The van der Waals surface area contributed by atoms with Crippen LogP contribution >= 0.6 is 11.6 Å².